The van der Waals surface area contributed by atoms with Crippen molar-refractivity contribution in [3.8, 4) is 17.2 Å². The predicted octanol–water partition coefficient (Wildman–Crippen LogP) is 5.97. The molecule has 0 saturated carbocycles. The second kappa shape index (κ2) is 14.2. The van der Waals surface area contributed by atoms with Gasteiger partial charge in [-0.3, -0.25) is 0 Å². The van der Waals surface area contributed by atoms with Crippen molar-refractivity contribution in [3.63, 3.8) is 0 Å². The molecule has 0 N–H and O–H groups in total. The number of aryl methyl sites for hydroxylation is 1. The quantitative estimate of drug-likeness (QED) is 0.123. The van der Waals surface area contributed by atoms with Crippen molar-refractivity contribution < 1.29 is 33.3 Å². The smallest absolute Gasteiger partial charge is 0.343 e. The molecule has 37 heavy (non-hydrogen) atoms. The molecule has 0 unspecified atom stereocenters. The van der Waals surface area contributed by atoms with Gasteiger partial charge >= 0.3 is 17.9 Å². The number of benzene rings is 3. The van der Waals surface area contributed by atoms with Crippen LogP contribution in [0.4, 0.5) is 0 Å². The minimum Gasteiger partial charge on any atom is -0.493 e. The summed E-state index contributed by atoms with van der Waals surface area (Å²) in [4.78, 5) is 35.8. The molecule has 0 heterocycles. The van der Waals surface area contributed by atoms with Crippen LogP contribution < -0.4 is 14.2 Å². The highest BCUT2D eigenvalue weighted by Crippen LogP contribution is 2.21. The first-order valence-electron chi connectivity index (χ1n) is 12.1. The maximum absolute atomic E-state index is 12.5. The number of rotatable bonds is 13. The van der Waals surface area contributed by atoms with Gasteiger partial charge in [0.1, 0.15) is 17.2 Å². The fraction of sp³-hybridized carbons (Fsp3) is 0.233. The van der Waals surface area contributed by atoms with Crippen LogP contribution >= 0.6 is 0 Å². The van der Waals surface area contributed by atoms with E-state index in [2.05, 4.69) is 13.5 Å². The molecule has 192 valence electrons. The van der Waals surface area contributed by atoms with Gasteiger partial charge in [0.05, 0.1) is 24.3 Å². The highest BCUT2D eigenvalue weighted by molar-refractivity contribution is 5.92. The molecule has 0 aliphatic carbocycles. The van der Waals surface area contributed by atoms with Gasteiger partial charge in [0.25, 0.3) is 0 Å². The molecule has 0 aromatic heterocycles. The molecular weight excluding hydrogens is 472 g/mol. The Morgan fingerprint density at radius 2 is 1.22 bits per heavy atom. The van der Waals surface area contributed by atoms with E-state index in [-0.39, 0.29) is 6.61 Å². The van der Waals surface area contributed by atoms with Crippen molar-refractivity contribution >= 4 is 17.9 Å². The molecule has 0 saturated heterocycles. The van der Waals surface area contributed by atoms with E-state index in [0.717, 1.165) is 25.3 Å². The van der Waals surface area contributed by atoms with Crippen LogP contribution in [0.2, 0.25) is 0 Å². The summed E-state index contributed by atoms with van der Waals surface area (Å²) >= 11 is 0. The lowest BCUT2D eigenvalue weighted by Crippen LogP contribution is -2.10. The van der Waals surface area contributed by atoms with E-state index in [1.54, 1.807) is 60.7 Å². The molecule has 0 fully saturated rings. The summed E-state index contributed by atoms with van der Waals surface area (Å²) in [6, 6.07) is 20.2. The minimum absolute atomic E-state index is 0.236. The number of carbonyl (C=O) groups is 3. The molecule has 3 rings (SSSR count). The molecule has 3 aromatic rings. The molecule has 7 heteroatoms. The topological polar surface area (TPSA) is 88.1 Å². The Bertz CT molecular complexity index is 1180. The van der Waals surface area contributed by atoms with E-state index < -0.39 is 17.9 Å². The Morgan fingerprint density at radius 1 is 0.703 bits per heavy atom. The zero-order valence-corrected chi connectivity index (χ0v) is 20.8. The second-order valence-corrected chi connectivity index (χ2v) is 8.15. The monoisotopic (exact) mass is 502 g/mol. The molecule has 7 nitrogen and oxygen atoms in total. The molecule has 0 atom stereocenters. The zero-order valence-electron chi connectivity index (χ0n) is 20.8. The lowest BCUT2D eigenvalue weighted by Gasteiger charge is -2.09. The maximum atomic E-state index is 12.5. The largest absolute Gasteiger partial charge is 0.493 e. The van der Waals surface area contributed by atoms with Crippen molar-refractivity contribution in [1.29, 1.82) is 0 Å². The van der Waals surface area contributed by atoms with E-state index >= 15 is 0 Å². The van der Waals surface area contributed by atoms with Crippen LogP contribution in [0.1, 0.15) is 52.5 Å². The van der Waals surface area contributed by atoms with Gasteiger partial charge in [-0.1, -0.05) is 32.1 Å². The summed E-state index contributed by atoms with van der Waals surface area (Å²) in [5.41, 5.74) is 2.01. The molecule has 0 spiro atoms. The summed E-state index contributed by atoms with van der Waals surface area (Å²) in [6.07, 6.45) is 4.85. The number of carbonyl (C=O) groups excluding carboxylic acids is 3. The maximum Gasteiger partial charge on any atom is 0.343 e. The first kappa shape index (κ1) is 27.2. The fourth-order valence-electron chi connectivity index (χ4n) is 3.26. The van der Waals surface area contributed by atoms with E-state index in [9.17, 15) is 14.4 Å². The van der Waals surface area contributed by atoms with Crippen molar-refractivity contribution in [3.05, 3.63) is 102 Å². The average Bonchev–Trinajstić information content (AvgIpc) is 2.93. The summed E-state index contributed by atoms with van der Waals surface area (Å²) in [5, 5.41) is 0. The van der Waals surface area contributed by atoms with Gasteiger partial charge < -0.3 is 18.9 Å². The van der Waals surface area contributed by atoms with Gasteiger partial charge in [-0.05, 0) is 79.1 Å². The number of ether oxygens (including phenoxy) is 4. The van der Waals surface area contributed by atoms with Crippen LogP contribution in [0.3, 0.4) is 0 Å². The van der Waals surface area contributed by atoms with Crippen LogP contribution in [0, 0.1) is 0 Å². The summed E-state index contributed by atoms with van der Waals surface area (Å²) < 4.78 is 21.3. The third kappa shape index (κ3) is 8.96. The van der Waals surface area contributed by atoms with Gasteiger partial charge in [0.2, 0.25) is 0 Å². The first-order valence-corrected chi connectivity index (χ1v) is 12.1. The number of hydrogen-bond acceptors (Lipinski definition) is 7. The Labute approximate surface area is 216 Å². The Kier molecular flexibility index (Phi) is 10.5. The van der Waals surface area contributed by atoms with Gasteiger partial charge in [-0.2, -0.15) is 0 Å². The normalized spacial score (nSPS) is 10.3. The fourth-order valence-corrected chi connectivity index (χ4v) is 3.26. The minimum atomic E-state index is -0.532. The van der Waals surface area contributed by atoms with Gasteiger partial charge in [-0.25, -0.2) is 14.4 Å². The highest BCUT2D eigenvalue weighted by Gasteiger charge is 2.11. The van der Waals surface area contributed by atoms with Crippen molar-refractivity contribution in [2.45, 2.75) is 32.6 Å². The van der Waals surface area contributed by atoms with Gasteiger partial charge in [-0.15, -0.1) is 0 Å². The SMILES string of the molecule is C=CC(=O)OCCCOc1ccc(C(=O)Oc2ccc(OC(=O)c3ccc(CCCC)cc3)cc2)cc1. The molecule has 0 aliphatic heterocycles. The van der Waals surface area contributed by atoms with E-state index in [0.29, 0.717) is 41.4 Å². The van der Waals surface area contributed by atoms with Crippen molar-refractivity contribution in [2.75, 3.05) is 13.2 Å². The number of esters is 3. The van der Waals surface area contributed by atoms with Gasteiger partial charge in [0.15, 0.2) is 0 Å². The Morgan fingerprint density at radius 3 is 1.73 bits per heavy atom. The standard InChI is InChI=1S/C30H30O7/c1-3-5-7-22-8-10-23(11-9-22)29(32)36-26-16-18-27(19-17-26)37-30(33)24-12-14-25(15-13-24)34-20-6-21-35-28(31)4-2/h4,8-19H,2-3,5-7,20-21H2,1H3. The first-order chi connectivity index (χ1) is 18.0. The van der Waals surface area contributed by atoms with Crippen LogP contribution in [0.25, 0.3) is 0 Å². The Hall–Kier alpha value is -4.39. The van der Waals surface area contributed by atoms with E-state index in [1.807, 2.05) is 12.1 Å². The zero-order chi connectivity index (χ0) is 26.5. The molecule has 0 aliphatic rings. The second-order valence-electron chi connectivity index (χ2n) is 8.15. The molecule has 0 bridgehead atoms. The summed E-state index contributed by atoms with van der Waals surface area (Å²) in [6.45, 7) is 6.06. The Balaban J connectivity index is 1.45. The molecule has 3 aromatic carbocycles. The highest BCUT2D eigenvalue weighted by atomic mass is 16.5. The number of hydrogen-bond donors (Lipinski definition) is 0. The van der Waals surface area contributed by atoms with Gasteiger partial charge in [0, 0.05) is 12.5 Å². The van der Waals surface area contributed by atoms with Crippen LogP contribution in [0.15, 0.2) is 85.5 Å². The number of unbranched alkanes of at least 4 members (excludes halogenated alkanes) is 1. The molecular formula is C30H30O7. The molecule has 0 amide bonds. The summed E-state index contributed by atoms with van der Waals surface area (Å²) in [5.74, 6) is -0.210. The van der Waals surface area contributed by atoms with E-state index in [4.69, 9.17) is 18.9 Å². The average molecular weight is 503 g/mol. The van der Waals surface area contributed by atoms with Crippen molar-refractivity contribution in [2.24, 2.45) is 0 Å². The molecule has 0 radical (unpaired) electrons. The lowest BCUT2D eigenvalue weighted by atomic mass is 10.1. The summed E-state index contributed by atoms with van der Waals surface area (Å²) in [7, 11) is 0. The third-order valence-electron chi connectivity index (χ3n) is 5.31. The van der Waals surface area contributed by atoms with Crippen LogP contribution in [-0.2, 0) is 16.0 Å². The van der Waals surface area contributed by atoms with Crippen LogP contribution in [0.5, 0.6) is 17.2 Å². The van der Waals surface area contributed by atoms with E-state index in [1.165, 1.54) is 5.56 Å². The lowest BCUT2D eigenvalue weighted by molar-refractivity contribution is -0.137. The van der Waals surface area contributed by atoms with Crippen molar-refractivity contribution in [1.82, 2.24) is 0 Å². The van der Waals surface area contributed by atoms with Crippen LogP contribution in [-0.4, -0.2) is 31.1 Å². The predicted molar refractivity (Wildman–Crippen MR) is 139 cm³/mol. The third-order valence-corrected chi connectivity index (χ3v) is 5.31.